The summed E-state index contributed by atoms with van der Waals surface area (Å²) >= 11 is 0. The molecule has 0 bridgehead atoms. The van der Waals surface area contributed by atoms with Crippen molar-refractivity contribution in [2.75, 3.05) is 0 Å². The van der Waals surface area contributed by atoms with Gasteiger partial charge in [-0.1, -0.05) is 63.6 Å². The van der Waals surface area contributed by atoms with E-state index in [-0.39, 0.29) is 5.56 Å². The molecule has 0 atom stereocenters. The fourth-order valence-corrected chi connectivity index (χ4v) is 1.84. The first-order valence-corrected chi connectivity index (χ1v) is 9.38. The molecule has 3 heteroatoms. The van der Waals surface area contributed by atoms with Crippen molar-refractivity contribution in [1.29, 1.82) is 0 Å². The molecule has 0 aliphatic carbocycles. The van der Waals surface area contributed by atoms with Crippen LogP contribution in [0.2, 0.25) is 0 Å². The molecule has 0 aliphatic rings. The lowest BCUT2D eigenvalue weighted by Gasteiger charge is -2.08. The third-order valence-electron chi connectivity index (χ3n) is 2.96. The normalized spacial score (nSPS) is 9.04. The maximum Gasteiger partial charge on any atom is 0.274 e. The van der Waals surface area contributed by atoms with E-state index in [1.54, 1.807) is 16.8 Å². The zero-order valence-electron chi connectivity index (χ0n) is 18.5. The molecule has 1 heterocycles. The molecular formula is C23H40N2O. The molecular weight excluding hydrogens is 320 g/mol. The molecule has 2 aromatic rings. The molecule has 0 radical (unpaired) electrons. The molecule has 3 nitrogen and oxygen atoms in total. The molecule has 148 valence electrons. The van der Waals surface area contributed by atoms with E-state index in [1.807, 2.05) is 84.5 Å². The van der Waals surface area contributed by atoms with Crippen LogP contribution in [0.1, 0.15) is 55.4 Å². The van der Waals surface area contributed by atoms with E-state index in [2.05, 4.69) is 26.2 Å². The molecule has 0 aliphatic heterocycles. The van der Waals surface area contributed by atoms with E-state index in [1.165, 1.54) is 5.57 Å². The van der Waals surface area contributed by atoms with E-state index in [0.717, 1.165) is 17.4 Å². The second kappa shape index (κ2) is 19.0. The van der Waals surface area contributed by atoms with E-state index >= 15 is 0 Å². The van der Waals surface area contributed by atoms with Crippen molar-refractivity contribution < 1.29 is 0 Å². The standard InChI is InChI=1S/C13H16N2O.2C3H6.2C2H6/c1-4-10(2)9-15-12-8-6-5-7-11(12)13(16)14(15)3;2*1-3-2;2*1-2/h4-8H,9H2,1-3H3;2*3H,1H2,2H3;2*1-2H3/b10-4+;;;;. The predicted octanol–water partition coefficient (Wildman–Crippen LogP) is 6.74. The van der Waals surface area contributed by atoms with Crippen LogP contribution in [0.15, 0.2) is 66.0 Å². The van der Waals surface area contributed by atoms with Gasteiger partial charge < -0.3 is 0 Å². The van der Waals surface area contributed by atoms with E-state index < -0.39 is 0 Å². The van der Waals surface area contributed by atoms with Crippen LogP contribution in [0.5, 0.6) is 0 Å². The highest BCUT2D eigenvalue weighted by Gasteiger charge is 2.09. The Balaban J connectivity index is -0.000000450. The molecule has 1 aromatic heterocycles. The average molecular weight is 361 g/mol. The quantitative estimate of drug-likeness (QED) is 0.545. The van der Waals surface area contributed by atoms with E-state index in [0.29, 0.717) is 0 Å². The molecule has 0 unspecified atom stereocenters. The number of hydrogen-bond donors (Lipinski definition) is 0. The van der Waals surface area contributed by atoms with Gasteiger partial charge >= 0.3 is 0 Å². The molecule has 0 N–H and O–H groups in total. The summed E-state index contributed by atoms with van der Waals surface area (Å²) in [6.45, 7) is 23.3. The monoisotopic (exact) mass is 360 g/mol. The second-order valence-electron chi connectivity index (χ2n) is 4.86. The SMILES string of the molecule is C/C=C(\C)Cn1c2ccccc2c(=O)n1C.C=CC.C=CC.CC.CC. The highest BCUT2D eigenvalue weighted by atomic mass is 16.1. The lowest BCUT2D eigenvalue weighted by molar-refractivity contribution is 0.549. The van der Waals surface area contributed by atoms with Gasteiger partial charge in [0, 0.05) is 7.05 Å². The minimum atomic E-state index is 0.0690. The number of benzene rings is 1. The zero-order valence-corrected chi connectivity index (χ0v) is 18.5. The Morgan fingerprint density at radius 1 is 1.00 bits per heavy atom. The number of para-hydroxylation sites is 1. The third-order valence-corrected chi connectivity index (χ3v) is 2.96. The Hall–Kier alpha value is -2.29. The van der Waals surface area contributed by atoms with E-state index in [9.17, 15) is 4.79 Å². The summed E-state index contributed by atoms with van der Waals surface area (Å²) in [5.41, 5.74) is 2.31. The van der Waals surface area contributed by atoms with Crippen LogP contribution in [0.4, 0.5) is 0 Å². The minimum absolute atomic E-state index is 0.0690. The van der Waals surface area contributed by atoms with Crippen molar-refractivity contribution in [3.63, 3.8) is 0 Å². The number of aromatic nitrogens is 2. The Labute approximate surface area is 161 Å². The minimum Gasteiger partial charge on any atom is -0.278 e. The number of allylic oxidation sites excluding steroid dienone is 4. The summed E-state index contributed by atoms with van der Waals surface area (Å²) in [7, 11) is 1.81. The van der Waals surface area contributed by atoms with Gasteiger partial charge in [-0.15, -0.1) is 13.2 Å². The van der Waals surface area contributed by atoms with Gasteiger partial charge in [0.2, 0.25) is 0 Å². The fraction of sp³-hybridized carbons (Fsp3) is 0.435. The summed E-state index contributed by atoms with van der Waals surface area (Å²) in [5, 5.41) is 0.786. The smallest absolute Gasteiger partial charge is 0.274 e. The topological polar surface area (TPSA) is 26.9 Å². The second-order valence-corrected chi connectivity index (χ2v) is 4.86. The average Bonchev–Trinajstić information content (AvgIpc) is 2.91. The van der Waals surface area contributed by atoms with Gasteiger partial charge in [-0.05, 0) is 39.8 Å². The van der Waals surface area contributed by atoms with Crippen molar-refractivity contribution in [3.05, 3.63) is 71.6 Å². The van der Waals surface area contributed by atoms with Crippen molar-refractivity contribution in [2.45, 2.75) is 61.9 Å². The largest absolute Gasteiger partial charge is 0.278 e. The Bertz CT molecular complexity index is 682. The van der Waals surface area contributed by atoms with Gasteiger partial charge in [0.25, 0.3) is 5.56 Å². The van der Waals surface area contributed by atoms with Crippen molar-refractivity contribution in [2.24, 2.45) is 7.05 Å². The third kappa shape index (κ3) is 9.87. The molecule has 1 aromatic carbocycles. The lowest BCUT2D eigenvalue weighted by Crippen LogP contribution is -2.19. The molecule has 26 heavy (non-hydrogen) atoms. The molecule has 0 spiro atoms. The number of rotatable bonds is 2. The Morgan fingerprint density at radius 3 is 1.85 bits per heavy atom. The lowest BCUT2D eigenvalue weighted by atomic mass is 10.2. The van der Waals surface area contributed by atoms with Gasteiger partial charge in [0.15, 0.2) is 0 Å². The van der Waals surface area contributed by atoms with Crippen LogP contribution in [0.3, 0.4) is 0 Å². The summed E-state index contributed by atoms with van der Waals surface area (Å²) in [6, 6.07) is 7.72. The summed E-state index contributed by atoms with van der Waals surface area (Å²) in [6.07, 6.45) is 5.57. The van der Waals surface area contributed by atoms with Crippen LogP contribution in [-0.4, -0.2) is 9.36 Å². The first kappa shape index (κ1) is 28.5. The predicted molar refractivity (Wildman–Crippen MR) is 121 cm³/mol. The highest BCUT2D eigenvalue weighted by molar-refractivity contribution is 5.78. The summed E-state index contributed by atoms with van der Waals surface area (Å²) in [5.74, 6) is 0. The molecule has 0 fully saturated rings. The maximum atomic E-state index is 11.9. The van der Waals surface area contributed by atoms with Crippen molar-refractivity contribution in [3.8, 4) is 0 Å². The van der Waals surface area contributed by atoms with Crippen molar-refractivity contribution >= 4 is 10.9 Å². The Morgan fingerprint density at radius 2 is 1.42 bits per heavy atom. The van der Waals surface area contributed by atoms with Crippen molar-refractivity contribution in [1.82, 2.24) is 9.36 Å². The van der Waals surface area contributed by atoms with Crippen LogP contribution in [0.25, 0.3) is 10.9 Å². The summed E-state index contributed by atoms with van der Waals surface area (Å²) in [4.78, 5) is 11.9. The molecule has 2 rings (SSSR count). The van der Waals surface area contributed by atoms with Gasteiger partial charge in [0.05, 0.1) is 17.4 Å². The molecule has 0 amide bonds. The zero-order chi connectivity index (χ0) is 21.1. The van der Waals surface area contributed by atoms with Gasteiger partial charge in [-0.25, -0.2) is 0 Å². The maximum absolute atomic E-state index is 11.9. The van der Waals surface area contributed by atoms with Crippen LogP contribution >= 0.6 is 0 Å². The Kier molecular flexibility index (Phi) is 20.9. The first-order valence-electron chi connectivity index (χ1n) is 9.38. The number of hydrogen-bond acceptors (Lipinski definition) is 1. The van der Waals surface area contributed by atoms with Gasteiger partial charge in [-0.3, -0.25) is 14.2 Å². The fourth-order valence-electron chi connectivity index (χ4n) is 1.84. The number of nitrogens with zero attached hydrogens (tertiary/aromatic N) is 2. The molecule has 0 saturated carbocycles. The van der Waals surface area contributed by atoms with Gasteiger partial charge in [0.1, 0.15) is 0 Å². The first-order chi connectivity index (χ1) is 12.5. The number of fused-ring (bicyclic) bond motifs is 1. The van der Waals surface area contributed by atoms with Gasteiger partial charge in [-0.2, -0.15) is 0 Å². The van der Waals surface area contributed by atoms with E-state index in [4.69, 9.17) is 0 Å². The summed E-state index contributed by atoms with van der Waals surface area (Å²) < 4.78 is 3.69. The molecule has 0 saturated heterocycles. The van der Waals surface area contributed by atoms with Crippen LogP contribution in [0, 0.1) is 0 Å². The highest BCUT2D eigenvalue weighted by Crippen LogP contribution is 2.12. The van der Waals surface area contributed by atoms with Crippen LogP contribution in [-0.2, 0) is 13.6 Å². The van der Waals surface area contributed by atoms with Crippen LogP contribution < -0.4 is 5.56 Å².